The molecular weight excluding hydrogens is 150 g/mol. The van der Waals surface area contributed by atoms with E-state index >= 15 is 0 Å². The van der Waals surface area contributed by atoms with Gasteiger partial charge in [-0.1, -0.05) is 0 Å². The lowest BCUT2D eigenvalue weighted by atomic mass is 10.2. The standard InChI is InChI=1S/C6H9NO4/c1-3(2-4(8)9)5(7)6(10)11/h2,7H2,1H3,(H,8,9)(H,10,11)/b5-3+. The first kappa shape index (κ1) is 9.48. The molecule has 0 unspecified atom stereocenters. The highest BCUT2D eigenvalue weighted by Gasteiger charge is 2.08. The minimum atomic E-state index is -1.29. The summed E-state index contributed by atoms with van der Waals surface area (Å²) in [5.41, 5.74) is 4.79. The Kier molecular flexibility index (Phi) is 3.10. The van der Waals surface area contributed by atoms with E-state index in [0.29, 0.717) is 0 Å². The molecule has 0 saturated heterocycles. The first-order valence-corrected chi connectivity index (χ1v) is 2.85. The van der Waals surface area contributed by atoms with Gasteiger partial charge in [-0.25, -0.2) is 4.79 Å². The van der Waals surface area contributed by atoms with Crippen molar-refractivity contribution in [1.29, 1.82) is 0 Å². The van der Waals surface area contributed by atoms with Gasteiger partial charge in [0.25, 0.3) is 0 Å². The SMILES string of the molecule is C/C(CC(=O)O)=C(\N)C(=O)O. The summed E-state index contributed by atoms with van der Waals surface area (Å²) < 4.78 is 0. The molecule has 11 heavy (non-hydrogen) atoms. The Hall–Kier alpha value is -1.52. The summed E-state index contributed by atoms with van der Waals surface area (Å²) >= 11 is 0. The van der Waals surface area contributed by atoms with Crippen molar-refractivity contribution in [3.8, 4) is 0 Å². The van der Waals surface area contributed by atoms with Crippen molar-refractivity contribution in [1.82, 2.24) is 0 Å². The maximum atomic E-state index is 10.1. The molecule has 0 heterocycles. The van der Waals surface area contributed by atoms with Gasteiger partial charge in [0.2, 0.25) is 0 Å². The fraction of sp³-hybridized carbons (Fsp3) is 0.333. The van der Waals surface area contributed by atoms with Crippen LogP contribution in [-0.2, 0) is 9.59 Å². The Morgan fingerprint density at radius 2 is 1.82 bits per heavy atom. The number of rotatable bonds is 3. The van der Waals surface area contributed by atoms with Crippen LogP contribution in [0.4, 0.5) is 0 Å². The molecule has 0 aromatic carbocycles. The number of carboxylic acid groups (broad SMARTS) is 2. The van der Waals surface area contributed by atoms with E-state index in [1.807, 2.05) is 0 Å². The highest BCUT2D eigenvalue weighted by atomic mass is 16.4. The van der Waals surface area contributed by atoms with Gasteiger partial charge in [0.05, 0.1) is 6.42 Å². The maximum Gasteiger partial charge on any atom is 0.351 e. The summed E-state index contributed by atoms with van der Waals surface area (Å²) in [7, 11) is 0. The van der Waals surface area contributed by atoms with Crippen LogP contribution >= 0.6 is 0 Å². The molecule has 0 aliphatic heterocycles. The minimum Gasteiger partial charge on any atom is -0.481 e. The molecule has 5 nitrogen and oxygen atoms in total. The quantitative estimate of drug-likeness (QED) is 0.494. The fourth-order valence-electron chi connectivity index (χ4n) is 0.505. The van der Waals surface area contributed by atoms with E-state index in [2.05, 4.69) is 0 Å². The summed E-state index contributed by atoms with van der Waals surface area (Å²) in [4.78, 5) is 20.2. The van der Waals surface area contributed by atoms with E-state index in [1.54, 1.807) is 0 Å². The molecule has 0 rings (SSSR count). The smallest absolute Gasteiger partial charge is 0.351 e. The van der Waals surface area contributed by atoms with Crippen LogP contribution in [-0.4, -0.2) is 22.2 Å². The topological polar surface area (TPSA) is 101 Å². The van der Waals surface area contributed by atoms with Gasteiger partial charge in [-0.2, -0.15) is 0 Å². The van der Waals surface area contributed by atoms with Gasteiger partial charge >= 0.3 is 11.9 Å². The van der Waals surface area contributed by atoms with E-state index < -0.39 is 17.6 Å². The second-order valence-electron chi connectivity index (χ2n) is 2.07. The predicted octanol–water partition coefficient (Wildman–Crippen LogP) is -0.222. The highest BCUT2D eigenvalue weighted by Crippen LogP contribution is 2.02. The van der Waals surface area contributed by atoms with Gasteiger partial charge in [0.15, 0.2) is 0 Å². The van der Waals surface area contributed by atoms with Crippen molar-refractivity contribution < 1.29 is 19.8 Å². The number of hydrogen-bond donors (Lipinski definition) is 3. The van der Waals surface area contributed by atoms with Crippen molar-refractivity contribution in [2.24, 2.45) is 5.73 Å². The molecule has 0 aromatic heterocycles. The van der Waals surface area contributed by atoms with Gasteiger partial charge in [-0.05, 0) is 12.5 Å². The third-order valence-corrected chi connectivity index (χ3v) is 1.11. The van der Waals surface area contributed by atoms with Crippen molar-refractivity contribution in [3.63, 3.8) is 0 Å². The van der Waals surface area contributed by atoms with Crippen LogP contribution in [0.3, 0.4) is 0 Å². The lowest BCUT2D eigenvalue weighted by molar-refractivity contribution is -0.136. The monoisotopic (exact) mass is 159 g/mol. The van der Waals surface area contributed by atoms with Crippen LogP contribution in [0.2, 0.25) is 0 Å². The third kappa shape index (κ3) is 3.24. The van der Waals surface area contributed by atoms with Crippen molar-refractivity contribution >= 4 is 11.9 Å². The van der Waals surface area contributed by atoms with Crippen molar-refractivity contribution in [2.45, 2.75) is 13.3 Å². The first-order chi connectivity index (χ1) is 4.95. The van der Waals surface area contributed by atoms with Crippen LogP contribution in [0.5, 0.6) is 0 Å². The van der Waals surface area contributed by atoms with E-state index in [1.165, 1.54) is 6.92 Å². The zero-order chi connectivity index (χ0) is 9.02. The zero-order valence-electron chi connectivity index (χ0n) is 6.00. The largest absolute Gasteiger partial charge is 0.481 e. The van der Waals surface area contributed by atoms with Crippen LogP contribution in [0, 0.1) is 0 Å². The number of nitrogens with two attached hydrogens (primary N) is 1. The fourth-order valence-corrected chi connectivity index (χ4v) is 0.505. The Morgan fingerprint density at radius 1 is 1.36 bits per heavy atom. The molecule has 0 atom stereocenters. The average molecular weight is 159 g/mol. The summed E-state index contributed by atoms with van der Waals surface area (Å²) in [6, 6.07) is 0. The minimum absolute atomic E-state index is 0.157. The Bertz CT molecular complexity index is 219. The molecule has 0 saturated carbocycles. The average Bonchev–Trinajstić information content (AvgIpc) is 1.84. The van der Waals surface area contributed by atoms with Gasteiger partial charge in [-0.3, -0.25) is 4.79 Å². The van der Waals surface area contributed by atoms with Crippen LogP contribution < -0.4 is 5.73 Å². The molecular formula is C6H9NO4. The number of carboxylic acids is 2. The van der Waals surface area contributed by atoms with Crippen LogP contribution in [0.1, 0.15) is 13.3 Å². The summed E-state index contributed by atoms with van der Waals surface area (Å²) in [6.45, 7) is 1.37. The molecule has 0 bridgehead atoms. The summed E-state index contributed by atoms with van der Waals surface area (Å²) in [5.74, 6) is -2.38. The van der Waals surface area contributed by atoms with Crippen molar-refractivity contribution in [2.75, 3.05) is 0 Å². The maximum absolute atomic E-state index is 10.1. The molecule has 0 aromatic rings. The summed E-state index contributed by atoms with van der Waals surface area (Å²) in [6.07, 6.45) is -0.335. The molecule has 0 spiro atoms. The number of aliphatic carboxylic acids is 2. The Labute approximate surface area is 63.1 Å². The zero-order valence-corrected chi connectivity index (χ0v) is 6.00. The molecule has 0 amide bonds. The van der Waals surface area contributed by atoms with E-state index in [0.717, 1.165) is 0 Å². The molecule has 4 N–H and O–H groups in total. The molecule has 5 heteroatoms. The third-order valence-electron chi connectivity index (χ3n) is 1.11. The van der Waals surface area contributed by atoms with Crippen molar-refractivity contribution in [3.05, 3.63) is 11.3 Å². The Balaban J connectivity index is 4.40. The van der Waals surface area contributed by atoms with Crippen LogP contribution in [0.15, 0.2) is 11.3 Å². The number of carbonyl (C=O) groups is 2. The molecule has 0 fully saturated rings. The summed E-state index contributed by atoms with van der Waals surface area (Å²) in [5, 5.41) is 16.5. The predicted molar refractivity (Wildman–Crippen MR) is 36.8 cm³/mol. The van der Waals surface area contributed by atoms with Gasteiger partial charge < -0.3 is 15.9 Å². The van der Waals surface area contributed by atoms with E-state index in [-0.39, 0.29) is 12.0 Å². The van der Waals surface area contributed by atoms with Crippen LogP contribution in [0.25, 0.3) is 0 Å². The molecule has 0 radical (unpaired) electrons. The lowest BCUT2D eigenvalue weighted by Crippen LogP contribution is -2.13. The highest BCUT2D eigenvalue weighted by molar-refractivity contribution is 5.87. The van der Waals surface area contributed by atoms with Gasteiger partial charge in [0.1, 0.15) is 5.70 Å². The van der Waals surface area contributed by atoms with Gasteiger partial charge in [0, 0.05) is 0 Å². The number of hydrogen-bond acceptors (Lipinski definition) is 3. The lowest BCUT2D eigenvalue weighted by Gasteiger charge is -1.98. The second-order valence-corrected chi connectivity index (χ2v) is 2.07. The normalized spacial score (nSPS) is 12.1. The van der Waals surface area contributed by atoms with E-state index in [9.17, 15) is 9.59 Å². The van der Waals surface area contributed by atoms with E-state index in [4.69, 9.17) is 15.9 Å². The second kappa shape index (κ2) is 3.60. The Morgan fingerprint density at radius 3 is 2.09 bits per heavy atom. The molecule has 0 aliphatic rings. The molecule has 62 valence electrons. The van der Waals surface area contributed by atoms with Gasteiger partial charge in [-0.15, -0.1) is 0 Å². The molecule has 0 aliphatic carbocycles. The first-order valence-electron chi connectivity index (χ1n) is 2.85.